The number of nitrogens with one attached hydrogen (secondary N) is 1. The van der Waals surface area contributed by atoms with Gasteiger partial charge in [-0.1, -0.05) is 13.3 Å². The molecule has 1 heterocycles. The number of fused-ring (bicyclic) bond motifs is 2. The minimum Gasteiger partial charge on any atom is -0.335 e. The van der Waals surface area contributed by atoms with E-state index in [-0.39, 0.29) is 6.03 Å². The summed E-state index contributed by atoms with van der Waals surface area (Å²) in [5, 5.41) is 3.28. The van der Waals surface area contributed by atoms with Crippen LogP contribution >= 0.6 is 0 Å². The van der Waals surface area contributed by atoms with Crippen LogP contribution in [0.5, 0.6) is 0 Å². The molecule has 0 spiro atoms. The van der Waals surface area contributed by atoms with Gasteiger partial charge < -0.3 is 10.2 Å². The van der Waals surface area contributed by atoms with Crippen LogP contribution in [0.4, 0.5) is 4.79 Å². The number of likely N-dealkylation sites (tertiary alicyclic amines) is 1. The first kappa shape index (κ1) is 13.3. The Morgan fingerprint density at radius 1 is 1.26 bits per heavy atom. The van der Waals surface area contributed by atoms with Crippen LogP contribution in [0.15, 0.2) is 0 Å². The number of carbonyl (C=O) groups excluding carboxylic acids is 1. The van der Waals surface area contributed by atoms with Crippen molar-refractivity contribution < 1.29 is 4.79 Å². The average Bonchev–Trinajstić information content (AvgIpc) is 3.00. The summed E-state index contributed by atoms with van der Waals surface area (Å²) in [4.78, 5) is 14.4. The zero-order chi connectivity index (χ0) is 13.4. The fraction of sp³-hybridized carbons (Fsp3) is 0.938. The van der Waals surface area contributed by atoms with Gasteiger partial charge in [-0.15, -0.1) is 0 Å². The van der Waals surface area contributed by atoms with E-state index in [1.807, 2.05) is 4.90 Å². The third-order valence-corrected chi connectivity index (χ3v) is 5.73. The van der Waals surface area contributed by atoms with Gasteiger partial charge in [0.25, 0.3) is 0 Å². The van der Waals surface area contributed by atoms with Gasteiger partial charge in [0.05, 0.1) is 0 Å². The van der Waals surface area contributed by atoms with Gasteiger partial charge in [0.1, 0.15) is 0 Å². The van der Waals surface area contributed by atoms with Crippen LogP contribution in [-0.4, -0.2) is 30.1 Å². The zero-order valence-corrected chi connectivity index (χ0v) is 12.4. The van der Waals surface area contributed by atoms with Crippen molar-refractivity contribution >= 4 is 6.03 Å². The van der Waals surface area contributed by atoms with Gasteiger partial charge >= 0.3 is 6.03 Å². The molecule has 3 aliphatic rings. The lowest BCUT2D eigenvalue weighted by Crippen LogP contribution is -2.50. The van der Waals surface area contributed by atoms with Gasteiger partial charge in [0.15, 0.2) is 0 Å². The number of nitrogens with zero attached hydrogens (tertiary/aromatic N) is 1. The first-order valence-corrected chi connectivity index (χ1v) is 8.19. The smallest absolute Gasteiger partial charge is 0.317 e. The summed E-state index contributed by atoms with van der Waals surface area (Å²) in [6, 6.07) is 0.543. The van der Waals surface area contributed by atoms with E-state index < -0.39 is 0 Å². The molecule has 3 rings (SSSR count). The molecule has 3 nitrogen and oxygen atoms in total. The summed E-state index contributed by atoms with van der Waals surface area (Å²) in [5.74, 6) is 3.26. The summed E-state index contributed by atoms with van der Waals surface area (Å²) in [5.41, 5.74) is 0. The molecular weight excluding hydrogens is 236 g/mol. The molecule has 2 bridgehead atoms. The summed E-state index contributed by atoms with van der Waals surface area (Å²) in [7, 11) is 0. The molecule has 1 aliphatic heterocycles. The zero-order valence-electron chi connectivity index (χ0n) is 12.4. The molecule has 2 aliphatic carbocycles. The van der Waals surface area contributed by atoms with Crippen LogP contribution in [0.25, 0.3) is 0 Å². The van der Waals surface area contributed by atoms with Gasteiger partial charge in [0, 0.05) is 19.1 Å². The molecule has 19 heavy (non-hydrogen) atoms. The topological polar surface area (TPSA) is 32.3 Å². The van der Waals surface area contributed by atoms with Crippen molar-refractivity contribution in [2.45, 2.75) is 58.4 Å². The number of hydrogen-bond donors (Lipinski definition) is 1. The SMILES string of the molecule is CC1CCCN(C(=O)NC(C)C2CC3CCC2C3)C1. The Hall–Kier alpha value is -0.730. The van der Waals surface area contributed by atoms with Crippen LogP contribution in [0.2, 0.25) is 0 Å². The third-order valence-electron chi connectivity index (χ3n) is 5.73. The van der Waals surface area contributed by atoms with Crippen molar-refractivity contribution in [3.8, 4) is 0 Å². The van der Waals surface area contributed by atoms with Crippen molar-refractivity contribution in [1.82, 2.24) is 10.2 Å². The second kappa shape index (κ2) is 5.34. The normalized spacial score (nSPS) is 39.4. The molecule has 0 aromatic rings. The maximum Gasteiger partial charge on any atom is 0.317 e. The Balaban J connectivity index is 1.51. The number of rotatable bonds is 2. The lowest BCUT2D eigenvalue weighted by Gasteiger charge is -2.34. The molecule has 0 aromatic carbocycles. The number of piperidine rings is 1. The van der Waals surface area contributed by atoms with Crippen LogP contribution < -0.4 is 5.32 Å². The summed E-state index contributed by atoms with van der Waals surface area (Å²) < 4.78 is 0. The largest absolute Gasteiger partial charge is 0.335 e. The van der Waals surface area contributed by atoms with E-state index in [0.717, 1.165) is 37.3 Å². The van der Waals surface area contributed by atoms with Crippen molar-refractivity contribution in [3.05, 3.63) is 0 Å². The first-order valence-electron chi connectivity index (χ1n) is 8.19. The molecule has 3 heteroatoms. The maximum atomic E-state index is 12.3. The molecular formula is C16H28N2O. The van der Waals surface area contributed by atoms with Crippen molar-refractivity contribution in [2.75, 3.05) is 13.1 Å². The average molecular weight is 264 g/mol. The Morgan fingerprint density at radius 3 is 2.74 bits per heavy atom. The van der Waals surface area contributed by atoms with Crippen LogP contribution in [0.3, 0.4) is 0 Å². The lowest BCUT2D eigenvalue weighted by atomic mass is 9.84. The monoisotopic (exact) mass is 264 g/mol. The quantitative estimate of drug-likeness (QED) is 0.816. The van der Waals surface area contributed by atoms with Gasteiger partial charge in [-0.05, 0) is 62.7 Å². The minimum atomic E-state index is 0.182. The number of urea groups is 1. The second-order valence-corrected chi connectivity index (χ2v) is 7.27. The van der Waals surface area contributed by atoms with Gasteiger partial charge in [0.2, 0.25) is 0 Å². The highest BCUT2D eigenvalue weighted by atomic mass is 16.2. The molecule has 5 unspecified atom stereocenters. The highest BCUT2D eigenvalue weighted by Crippen LogP contribution is 2.49. The Kier molecular flexibility index (Phi) is 3.72. The van der Waals surface area contributed by atoms with E-state index in [2.05, 4.69) is 19.2 Å². The molecule has 0 radical (unpaired) electrons. The Morgan fingerprint density at radius 2 is 2.11 bits per heavy atom. The fourth-order valence-corrected chi connectivity index (χ4v) is 4.67. The second-order valence-electron chi connectivity index (χ2n) is 7.27. The number of amides is 2. The summed E-state index contributed by atoms with van der Waals surface area (Å²) >= 11 is 0. The molecule has 1 N–H and O–H groups in total. The molecule has 108 valence electrons. The molecule has 3 fully saturated rings. The van der Waals surface area contributed by atoms with Crippen LogP contribution in [0.1, 0.15) is 52.4 Å². The standard InChI is InChI=1S/C16H28N2O/c1-11-4-3-7-18(10-11)16(19)17-12(2)15-9-13-5-6-14(15)8-13/h11-15H,3-10H2,1-2H3,(H,17,19). The predicted molar refractivity (Wildman–Crippen MR) is 76.9 cm³/mol. The third kappa shape index (κ3) is 2.75. The van der Waals surface area contributed by atoms with Crippen LogP contribution in [-0.2, 0) is 0 Å². The van der Waals surface area contributed by atoms with Gasteiger partial charge in [-0.2, -0.15) is 0 Å². The molecule has 1 saturated heterocycles. The molecule has 2 saturated carbocycles. The van der Waals surface area contributed by atoms with E-state index in [1.54, 1.807) is 0 Å². The lowest BCUT2D eigenvalue weighted by molar-refractivity contribution is 0.159. The maximum absolute atomic E-state index is 12.3. The summed E-state index contributed by atoms with van der Waals surface area (Å²) in [6.07, 6.45) is 8.04. The highest BCUT2D eigenvalue weighted by molar-refractivity contribution is 5.74. The first-order chi connectivity index (χ1) is 9.13. The Bertz CT molecular complexity index is 344. The highest BCUT2D eigenvalue weighted by Gasteiger charge is 2.42. The van der Waals surface area contributed by atoms with Crippen molar-refractivity contribution in [2.24, 2.45) is 23.7 Å². The van der Waals surface area contributed by atoms with E-state index in [9.17, 15) is 4.79 Å². The van der Waals surface area contributed by atoms with E-state index >= 15 is 0 Å². The van der Waals surface area contributed by atoms with E-state index in [0.29, 0.717) is 12.0 Å². The van der Waals surface area contributed by atoms with Crippen molar-refractivity contribution in [1.29, 1.82) is 0 Å². The number of carbonyl (C=O) groups is 1. The van der Waals surface area contributed by atoms with E-state index in [1.165, 1.54) is 32.1 Å². The van der Waals surface area contributed by atoms with E-state index in [4.69, 9.17) is 0 Å². The van der Waals surface area contributed by atoms with Gasteiger partial charge in [-0.25, -0.2) is 4.79 Å². The minimum absolute atomic E-state index is 0.182. The van der Waals surface area contributed by atoms with Crippen LogP contribution in [0, 0.1) is 23.7 Å². The Labute approximate surface area is 117 Å². The fourth-order valence-electron chi connectivity index (χ4n) is 4.67. The summed E-state index contributed by atoms with van der Waals surface area (Å²) in [6.45, 7) is 6.35. The van der Waals surface area contributed by atoms with Gasteiger partial charge in [-0.3, -0.25) is 0 Å². The molecule has 0 aromatic heterocycles. The molecule has 5 atom stereocenters. The molecule has 2 amide bonds. The van der Waals surface area contributed by atoms with Crippen molar-refractivity contribution in [3.63, 3.8) is 0 Å². The number of hydrogen-bond acceptors (Lipinski definition) is 1. The predicted octanol–water partition coefficient (Wildman–Crippen LogP) is 3.25.